The predicted octanol–water partition coefficient (Wildman–Crippen LogP) is 19.8. The third-order valence-corrected chi connectivity index (χ3v) is 16.2. The van der Waals surface area contributed by atoms with Crippen molar-refractivity contribution in [2.24, 2.45) is 0 Å². The molecule has 77 heavy (non-hydrogen) atoms. The summed E-state index contributed by atoms with van der Waals surface area (Å²) in [6.07, 6.45) is 0. The summed E-state index contributed by atoms with van der Waals surface area (Å²) in [5.74, 6) is 0. The fourth-order valence-electron chi connectivity index (χ4n) is 12.8. The van der Waals surface area contributed by atoms with Crippen LogP contribution in [0.1, 0.15) is 0 Å². The van der Waals surface area contributed by atoms with Crippen LogP contribution in [0.25, 0.3) is 160 Å². The number of nitrogens with zero attached hydrogens (tertiary/aromatic N) is 3. The molecular weight excluding hydrogens is 939 g/mol. The molecule has 358 valence electrons. The van der Waals surface area contributed by atoms with Crippen molar-refractivity contribution in [1.29, 1.82) is 0 Å². The third-order valence-electron chi connectivity index (χ3n) is 16.2. The summed E-state index contributed by atoms with van der Waals surface area (Å²) in [5, 5.41) is 11.6. The highest BCUT2D eigenvalue weighted by Crippen LogP contribution is 2.45. The number of hydrogen-bond acceptors (Lipinski definition) is 2. The van der Waals surface area contributed by atoms with Crippen LogP contribution >= 0.6 is 0 Å². The molecule has 0 saturated heterocycles. The maximum absolute atomic E-state index is 6.89. The molecule has 0 atom stereocenters. The number of para-hydroxylation sites is 6. The summed E-state index contributed by atoms with van der Waals surface area (Å²) in [5.41, 5.74) is 20.4. The standard InChI is InChI=1S/C72H43N3O2/c1-2-15-44(16-3-1)45-29-33-49(34-30-45)73-62-23-9-4-18-52(62)55-37-35-50(43-68(55)73)74-63-24-10-5-17-51(63)54-36-31-47(42-67(54)74)59-40-48(41-61-57-21-8-13-28-70(57)76-71(59)61)46-32-38-65-60(39-46)53-19-6-11-25-64(53)75(65)66-26-14-22-58-56-20-7-12-27-69(56)77-72(58)66/h1-43H. The van der Waals surface area contributed by atoms with Gasteiger partial charge in [-0.25, -0.2) is 0 Å². The molecule has 0 N–H and O–H groups in total. The zero-order chi connectivity index (χ0) is 50.3. The Morgan fingerprint density at radius 1 is 0.221 bits per heavy atom. The van der Waals surface area contributed by atoms with Gasteiger partial charge in [-0.05, 0) is 119 Å². The molecule has 0 aliphatic rings. The van der Waals surface area contributed by atoms with E-state index in [4.69, 9.17) is 8.83 Å². The van der Waals surface area contributed by atoms with Crippen LogP contribution in [0.2, 0.25) is 0 Å². The molecule has 5 nitrogen and oxygen atoms in total. The van der Waals surface area contributed by atoms with Gasteiger partial charge in [0, 0.05) is 70.8 Å². The van der Waals surface area contributed by atoms with E-state index in [-0.39, 0.29) is 0 Å². The summed E-state index contributed by atoms with van der Waals surface area (Å²) in [6, 6.07) is 94.6. The van der Waals surface area contributed by atoms with Crippen molar-refractivity contribution in [3.63, 3.8) is 0 Å². The van der Waals surface area contributed by atoms with Gasteiger partial charge in [0.15, 0.2) is 5.58 Å². The van der Waals surface area contributed by atoms with E-state index in [2.05, 4.69) is 268 Å². The van der Waals surface area contributed by atoms with E-state index in [0.29, 0.717) is 0 Å². The smallest absolute Gasteiger partial charge is 0.159 e. The molecule has 0 spiro atoms. The highest BCUT2D eigenvalue weighted by atomic mass is 16.3. The topological polar surface area (TPSA) is 41.1 Å². The molecule has 0 amide bonds. The average Bonchev–Trinajstić information content (AvgIpc) is 4.36. The normalized spacial score (nSPS) is 12.2. The number of fused-ring (bicyclic) bond motifs is 15. The Bertz CT molecular complexity index is 5280. The first-order chi connectivity index (χ1) is 38.2. The molecule has 5 aromatic heterocycles. The second kappa shape index (κ2) is 16.1. The van der Waals surface area contributed by atoms with Gasteiger partial charge in [0.05, 0.1) is 38.8 Å². The van der Waals surface area contributed by atoms with Crippen LogP contribution in [-0.2, 0) is 0 Å². The molecule has 17 rings (SSSR count). The quantitative estimate of drug-likeness (QED) is 0.167. The molecule has 5 heterocycles. The van der Waals surface area contributed by atoms with E-state index >= 15 is 0 Å². The van der Waals surface area contributed by atoms with Crippen molar-refractivity contribution < 1.29 is 8.83 Å². The average molecular weight is 982 g/mol. The fraction of sp³-hybridized carbons (Fsp3) is 0. The van der Waals surface area contributed by atoms with E-state index in [9.17, 15) is 0 Å². The summed E-state index contributed by atoms with van der Waals surface area (Å²) in [4.78, 5) is 0. The molecule has 0 radical (unpaired) electrons. The summed E-state index contributed by atoms with van der Waals surface area (Å²) in [7, 11) is 0. The highest BCUT2D eigenvalue weighted by molar-refractivity contribution is 6.17. The lowest BCUT2D eigenvalue weighted by Crippen LogP contribution is -1.97. The van der Waals surface area contributed by atoms with Gasteiger partial charge < -0.3 is 22.5 Å². The molecule has 0 unspecified atom stereocenters. The van der Waals surface area contributed by atoms with Gasteiger partial charge in [0.25, 0.3) is 0 Å². The Kier molecular flexibility index (Phi) is 8.77. The van der Waals surface area contributed by atoms with Crippen LogP contribution in [0.4, 0.5) is 0 Å². The maximum Gasteiger partial charge on any atom is 0.159 e. The van der Waals surface area contributed by atoms with Crippen LogP contribution in [0.3, 0.4) is 0 Å². The summed E-state index contributed by atoms with van der Waals surface area (Å²) in [6.45, 7) is 0. The molecule has 17 aromatic rings. The van der Waals surface area contributed by atoms with Gasteiger partial charge in [-0.1, -0.05) is 170 Å². The number of hydrogen-bond donors (Lipinski definition) is 0. The zero-order valence-corrected chi connectivity index (χ0v) is 41.5. The molecular formula is C72H43N3O2. The van der Waals surface area contributed by atoms with Crippen molar-refractivity contribution in [3.05, 3.63) is 261 Å². The SMILES string of the molecule is c1ccc(-c2ccc(-n3c4ccccc4c4ccc(-n5c6ccccc6c6ccc(-c7cc(-c8ccc9c(c8)c8ccccc8n9-c8cccc9c8oc8ccccc89)cc8c7oc7ccccc78)cc65)cc43)cc2)cc1. The van der Waals surface area contributed by atoms with E-state index < -0.39 is 0 Å². The maximum atomic E-state index is 6.89. The lowest BCUT2D eigenvalue weighted by molar-refractivity contribution is 0.666. The Balaban J connectivity index is 0.856. The van der Waals surface area contributed by atoms with E-state index in [1.807, 2.05) is 6.07 Å². The number of rotatable bonds is 6. The number of benzene rings is 12. The first-order valence-electron chi connectivity index (χ1n) is 26.3. The van der Waals surface area contributed by atoms with Gasteiger partial charge in [-0.3, -0.25) is 0 Å². The van der Waals surface area contributed by atoms with Gasteiger partial charge >= 0.3 is 0 Å². The molecule has 0 aliphatic carbocycles. The number of furan rings is 2. The molecule has 0 fully saturated rings. The monoisotopic (exact) mass is 981 g/mol. The van der Waals surface area contributed by atoms with Gasteiger partial charge in [0.1, 0.15) is 16.7 Å². The first kappa shape index (κ1) is 42.0. The Labute approximate surface area is 440 Å². The van der Waals surface area contributed by atoms with Gasteiger partial charge in [-0.2, -0.15) is 0 Å². The van der Waals surface area contributed by atoms with Crippen molar-refractivity contribution in [3.8, 4) is 50.4 Å². The van der Waals surface area contributed by atoms with Crippen LogP contribution in [0.15, 0.2) is 270 Å². The largest absolute Gasteiger partial charge is 0.455 e. The van der Waals surface area contributed by atoms with Gasteiger partial charge in [-0.15, -0.1) is 0 Å². The summed E-state index contributed by atoms with van der Waals surface area (Å²) >= 11 is 0. The molecule has 0 saturated carbocycles. The fourth-order valence-corrected chi connectivity index (χ4v) is 12.8. The Morgan fingerprint density at radius 3 is 1.43 bits per heavy atom. The molecule has 0 bridgehead atoms. The lowest BCUT2D eigenvalue weighted by atomic mass is 9.94. The van der Waals surface area contributed by atoms with Crippen molar-refractivity contribution >= 4 is 109 Å². The molecule has 0 aliphatic heterocycles. The number of aromatic nitrogens is 3. The first-order valence-corrected chi connectivity index (χ1v) is 26.3. The minimum atomic E-state index is 0.868. The zero-order valence-electron chi connectivity index (χ0n) is 41.5. The van der Waals surface area contributed by atoms with E-state index in [1.165, 1.54) is 49.0 Å². The minimum absolute atomic E-state index is 0.868. The minimum Gasteiger partial charge on any atom is -0.455 e. The second-order valence-corrected chi connectivity index (χ2v) is 20.4. The third kappa shape index (κ3) is 6.17. The van der Waals surface area contributed by atoms with Crippen LogP contribution < -0.4 is 0 Å². The van der Waals surface area contributed by atoms with Gasteiger partial charge in [0.2, 0.25) is 0 Å². The molecule has 5 heteroatoms. The van der Waals surface area contributed by atoms with Crippen molar-refractivity contribution in [1.82, 2.24) is 13.7 Å². The van der Waals surface area contributed by atoms with Crippen LogP contribution in [0, 0.1) is 0 Å². The van der Waals surface area contributed by atoms with E-state index in [1.54, 1.807) is 0 Å². The van der Waals surface area contributed by atoms with Crippen LogP contribution in [0.5, 0.6) is 0 Å². The molecule has 12 aromatic carbocycles. The highest BCUT2D eigenvalue weighted by Gasteiger charge is 2.22. The Hall–Kier alpha value is -10.4. The Morgan fingerprint density at radius 2 is 0.701 bits per heavy atom. The predicted molar refractivity (Wildman–Crippen MR) is 320 cm³/mol. The lowest BCUT2D eigenvalue weighted by Gasteiger charge is -2.13. The van der Waals surface area contributed by atoms with Crippen LogP contribution in [-0.4, -0.2) is 13.7 Å². The van der Waals surface area contributed by atoms with Crippen molar-refractivity contribution in [2.45, 2.75) is 0 Å². The van der Waals surface area contributed by atoms with E-state index in [0.717, 1.165) is 111 Å². The summed E-state index contributed by atoms with van der Waals surface area (Å²) < 4.78 is 20.8. The van der Waals surface area contributed by atoms with Crippen molar-refractivity contribution in [2.75, 3.05) is 0 Å². The second-order valence-electron chi connectivity index (χ2n) is 20.4.